The van der Waals surface area contributed by atoms with Gasteiger partial charge in [0.15, 0.2) is 0 Å². The molecule has 0 spiro atoms. The standard InChI is InChI=1S/C18H27N5O/c1-22-9-11-23(12-10-22)17(24)16-13-20-18(21-14-16)19-8-7-15-5-3-2-4-6-15/h5,13-14H,2-4,6-12H2,1H3,(H,19,20,21). The summed E-state index contributed by atoms with van der Waals surface area (Å²) in [6, 6.07) is 0. The van der Waals surface area contributed by atoms with Gasteiger partial charge in [-0.3, -0.25) is 4.79 Å². The van der Waals surface area contributed by atoms with Gasteiger partial charge in [-0.15, -0.1) is 0 Å². The molecule has 1 saturated heterocycles. The van der Waals surface area contributed by atoms with E-state index < -0.39 is 0 Å². The number of allylic oxidation sites excluding steroid dienone is 1. The Balaban J connectivity index is 1.47. The number of anilines is 1. The maximum absolute atomic E-state index is 12.4. The van der Waals surface area contributed by atoms with Gasteiger partial charge >= 0.3 is 0 Å². The predicted molar refractivity (Wildman–Crippen MR) is 95.1 cm³/mol. The summed E-state index contributed by atoms with van der Waals surface area (Å²) in [6.07, 6.45) is 11.8. The molecule has 0 saturated carbocycles. The van der Waals surface area contributed by atoms with Crippen molar-refractivity contribution in [2.45, 2.75) is 32.1 Å². The lowest BCUT2D eigenvalue weighted by molar-refractivity contribution is 0.0663. The molecule has 1 N–H and O–H groups in total. The van der Waals surface area contributed by atoms with Crippen molar-refractivity contribution >= 4 is 11.9 Å². The fourth-order valence-corrected chi connectivity index (χ4v) is 3.19. The van der Waals surface area contributed by atoms with E-state index in [0.29, 0.717) is 11.5 Å². The molecule has 24 heavy (non-hydrogen) atoms. The van der Waals surface area contributed by atoms with Crippen LogP contribution in [0.15, 0.2) is 24.0 Å². The summed E-state index contributed by atoms with van der Waals surface area (Å²) in [5, 5.41) is 3.25. The molecule has 1 aliphatic carbocycles. The summed E-state index contributed by atoms with van der Waals surface area (Å²) in [4.78, 5) is 25.1. The van der Waals surface area contributed by atoms with Crippen molar-refractivity contribution in [1.82, 2.24) is 19.8 Å². The van der Waals surface area contributed by atoms with E-state index in [1.165, 1.54) is 31.3 Å². The van der Waals surface area contributed by atoms with Crippen LogP contribution in [0.3, 0.4) is 0 Å². The Morgan fingerprint density at radius 1 is 1.17 bits per heavy atom. The van der Waals surface area contributed by atoms with E-state index in [4.69, 9.17) is 0 Å². The molecule has 1 aromatic heterocycles. The quantitative estimate of drug-likeness (QED) is 0.839. The number of rotatable bonds is 5. The molecule has 0 unspecified atom stereocenters. The van der Waals surface area contributed by atoms with Crippen LogP contribution >= 0.6 is 0 Å². The molecule has 2 aliphatic rings. The highest BCUT2D eigenvalue weighted by Crippen LogP contribution is 2.19. The van der Waals surface area contributed by atoms with Gasteiger partial charge in [0.2, 0.25) is 5.95 Å². The van der Waals surface area contributed by atoms with Crippen LogP contribution in [0.2, 0.25) is 0 Å². The molecule has 1 amide bonds. The molecule has 1 aromatic rings. The minimum absolute atomic E-state index is 0.0296. The highest BCUT2D eigenvalue weighted by Gasteiger charge is 2.20. The molecule has 3 rings (SSSR count). The summed E-state index contributed by atoms with van der Waals surface area (Å²) < 4.78 is 0. The lowest BCUT2D eigenvalue weighted by Gasteiger charge is -2.32. The van der Waals surface area contributed by atoms with Gasteiger partial charge in [-0.25, -0.2) is 9.97 Å². The molecule has 0 aromatic carbocycles. The monoisotopic (exact) mass is 329 g/mol. The lowest BCUT2D eigenvalue weighted by atomic mass is 9.97. The maximum Gasteiger partial charge on any atom is 0.257 e. The minimum Gasteiger partial charge on any atom is -0.354 e. The summed E-state index contributed by atoms with van der Waals surface area (Å²) >= 11 is 0. The molecule has 1 aliphatic heterocycles. The van der Waals surface area contributed by atoms with Gasteiger partial charge < -0.3 is 15.1 Å². The normalized spacial score (nSPS) is 19.0. The highest BCUT2D eigenvalue weighted by atomic mass is 16.2. The van der Waals surface area contributed by atoms with Gasteiger partial charge in [0.05, 0.1) is 5.56 Å². The summed E-state index contributed by atoms with van der Waals surface area (Å²) in [7, 11) is 2.08. The van der Waals surface area contributed by atoms with Crippen LogP contribution in [0, 0.1) is 0 Å². The van der Waals surface area contributed by atoms with E-state index >= 15 is 0 Å². The van der Waals surface area contributed by atoms with Crippen molar-refractivity contribution in [3.8, 4) is 0 Å². The Hall–Kier alpha value is -1.95. The molecular weight excluding hydrogens is 302 g/mol. The van der Waals surface area contributed by atoms with E-state index in [-0.39, 0.29) is 5.91 Å². The molecule has 0 bridgehead atoms. The third kappa shape index (κ3) is 4.54. The molecular formula is C18H27N5O. The van der Waals surface area contributed by atoms with Gasteiger partial charge in [-0.05, 0) is 39.2 Å². The number of hydrogen-bond acceptors (Lipinski definition) is 5. The first-order valence-electron chi connectivity index (χ1n) is 8.94. The lowest BCUT2D eigenvalue weighted by Crippen LogP contribution is -2.47. The van der Waals surface area contributed by atoms with Crippen LogP contribution in [-0.2, 0) is 0 Å². The average molecular weight is 329 g/mol. The topological polar surface area (TPSA) is 61.4 Å². The molecule has 6 heteroatoms. The number of nitrogens with one attached hydrogen (secondary N) is 1. The van der Waals surface area contributed by atoms with E-state index in [2.05, 4.69) is 33.3 Å². The second-order valence-corrected chi connectivity index (χ2v) is 6.68. The highest BCUT2D eigenvalue weighted by molar-refractivity contribution is 5.93. The SMILES string of the molecule is CN1CCN(C(=O)c2cnc(NCCC3=CCCCC3)nc2)CC1. The number of amides is 1. The fourth-order valence-electron chi connectivity index (χ4n) is 3.19. The number of piperazine rings is 1. The van der Waals surface area contributed by atoms with Gasteiger partial charge in [0.1, 0.15) is 0 Å². The largest absolute Gasteiger partial charge is 0.354 e. The fraction of sp³-hybridized carbons (Fsp3) is 0.611. The number of likely N-dealkylation sites (N-methyl/N-ethyl adjacent to an activating group) is 1. The Bertz CT molecular complexity index is 576. The van der Waals surface area contributed by atoms with Crippen molar-refractivity contribution < 1.29 is 4.79 Å². The van der Waals surface area contributed by atoms with Crippen LogP contribution in [0.4, 0.5) is 5.95 Å². The van der Waals surface area contributed by atoms with Gasteiger partial charge in [0, 0.05) is 45.1 Å². The van der Waals surface area contributed by atoms with E-state index in [0.717, 1.165) is 39.1 Å². The van der Waals surface area contributed by atoms with Crippen molar-refractivity contribution in [2.24, 2.45) is 0 Å². The van der Waals surface area contributed by atoms with Crippen molar-refractivity contribution in [3.05, 3.63) is 29.6 Å². The number of carbonyl (C=O) groups excluding carboxylic acids is 1. The molecule has 0 atom stereocenters. The second kappa shape index (κ2) is 8.24. The first-order valence-corrected chi connectivity index (χ1v) is 8.94. The van der Waals surface area contributed by atoms with Crippen LogP contribution in [0.25, 0.3) is 0 Å². The van der Waals surface area contributed by atoms with E-state index in [1.54, 1.807) is 12.4 Å². The van der Waals surface area contributed by atoms with Crippen molar-refractivity contribution in [1.29, 1.82) is 0 Å². The van der Waals surface area contributed by atoms with Crippen LogP contribution in [-0.4, -0.2) is 65.4 Å². The van der Waals surface area contributed by atoms with E-state index in [1.807, 2.05) is 4.90 Å². The van der Waals surface area contributed by atoms with Gasteiger partial charge in [-0.1, -0.05) is 11.6 Å². The Morgan fingerprint density at radius 2 is 1.92 bits per heavy atom. The molecule has 130 valence electrons. The minimum atomic E-state index is 0.0296. The summed E-state index contributed by atoms with van der Waals surface area (Å²) in [5.41, 5.74) is 2.11. The zero-order valence-corrected chi connectivity index (χ0v) is 14.5. The average Bonchev–Trinajstić information content (AvgIpc) is 2.63. The first kappa shape index (κ1) is 16.9. The third-order valence-electron chi connectivity index (χ3n) is 4.80. The zero-order chi connectivity index (χ0) is 16.8. The van der Waals surface area contributed by atoms with Crippen LogP contribution in [0.5, 0.6) is 0 Å². The molecule has 1 fully saturated rings. The molecule has 2 heterocycles. The Morgan fingerprint density at radius 3 is 2.58 bits per heavy atom. The first-order chi connectivity index (χ1) is 11.7. The predicted octanol–water partition coefficient (Wildman–Crippen LogP) is 2.17. The maximum atomic E-state index is 12.4. The summed E-state index contributed by atoms with van der Waals surface area (Å²) in [6.45, 7) is 4.22. The Kier molecular flexibility index (Phi) is 5.80. The number of nitrogens with zero attached hydrogens (tertiary/aromatic N) is 4. The van der Waals surface area contributed by atoms with Crippen LogP contribution in [0.1, 0.15) is 42.5 Å². The number of carbonyl (C=O) groups is 1. The van der Waals surface area contributed by atoms with Crippen LogP contribution < -0.4 is 5.32 Å². The third-order valence-corrected chi connectivity index (χ3v) is 4.80. The van der Waals surface area contributed by atoms with Crippen molar-refractivity contribution in [3.63, 3.8) is 0 Å². The summed E-state index contributed by atoms with van der Waals surface area (Å²) in [5.74, 6) is 0.628. The second-order valence-electron chi connectivity index (χ2n) is 6.68. The van der Waals surface area contributed by atoms with E-state index in [9.17, 15) is 4.79 Å². The number of hydrogen-bond donors (Lipinski definition) is 1. The van der Waals surface area contributed by atoms with Crippen molar-refractivity contribution in [2.75, 3.05) is 45.1 Å². The zero-order valence-electron chi connectivity index (χ0n) is 14.5. The molecule has 6 nitrogen and oxygen atoms in total. The number of aromatic nitrogens is 2. The Labute approximate surface area is 144 Å². The smallest absolute Gasteiger partial charge is 0.257 e. The van der Waals surface area contributed by atoms with Gasteiger partial charge in [0.25, 0.3) is 5.91 Å². The molecule has 0 radical (unpaired) electrons. The van der Waals surface area contributed by atoms with Gasteiger partial charge in [-0.2, -0.15) is 0 Å².